The third-order valence-electron chi connectivity index (χ3n) is 19.1. The Kier molecular flexibility index (Phi) is 77.8. The SMILES string of the molecule is CC/C=C\C/C=C\C/C=C\C/C=C\C/C=C\C/C=C\C/C=C\C/C=C\CCCCCCCCCCCCCCC(=O)OC(COC(=O)CCCCCCCCCCCCCCCCCCCCCCCCCCCCCCCCCCCCCCCC)COC(OCC[N+](C)(C)C)C(=O)O. The highest BCUT2D eigenvalue weighted by Crippen LogP contribution is 2.20. The van der Waals surface area contributed by atoms with Crippen LogP contribution in [0.15, 0.2) is 97.2 Å². The lowest BCUT2D eigenvalue weighted by atomic mass is 10.0. The van der Waals surface area contributed by atoms with Crippen molar-refractivity contribution in [2.75, 3.05) is 47.5 Å². The highest BCUT2D eigenvalue weighted by atomic mass is 16.7. The number of nitrogens with zero attached hydrogens (tertiary/aromatic N) is 1. The zero-order valence-electron chi connectivity index (χ0n) is 66.6. The number of rotatable bonds is 80. The van der Waals surface area contributed by atoms with Gasteiger partial charge in [0.05, 0.1) is 34.4 Å². The molecule has 0 aliphatic rings. The van der Waals surface area contributed by atoms with Crippen molar-refractivity contribution in [3.8, 4) is 0 Å². The molecule has 100 heavy (non-hydrogen) atoms. The zero-order chi connectivity index (χ0) is 72.5. The van der Waals surface area contributed by atoms with Gasteiger partial charge in [0.15, 0.2) is 6.10 Å². The van der Waals surface area contributed by atoms with Gasteiger partial charge in [-0.05, 0) is 77.0 Å². The summed E-state index contributed by atoms with van der Waals surface area (Å²) in [7, 11) is 5.99. The lowest BCUT2D eigenvalue weighted by Crippen LogP contribution is -2.40. The van der Waals surface area contributed by atoms with E-state index in [2.05, 4.69) is 111 Å². The summed E-state index contributed by atoms with van der Waals surface area (Å²) in [6.45, 7) is 4.82. The molecule has 9 heteroatoms. The summed E-state index contributed by atoms with van der Waals surface area (Å²) in [6, 6.07) is 0. The van der Waals surface area contributed by atoms with Crippen LogP contribution >= 0.6 is 0 Å². The molecule has 2 atom stereocenters. The number of allylic oxidation sites excluding steroid dienone is 16. The van der Waals surface area contributed by atoms with Gasteiger partial charge in [0.25, 0.3) is 6.29 Å². The fourth-order valence-corrected chi connectivity index (χ4v) is 12.6. The van der Waals surface area contributed by atoms with Gasteiger partial charge in [-0.15, -0.1) is 0 Å². The van der Waals surface area contributed by atoms with E-state index >= 15 is 0 Å². The Morgan fingerprint density at radius 2 is 0.570 bits per heavy atom. The molecule has 0 rings (SSSR count). The van der Waals surface area contributed by atoms with Gasteiger partial charge < -0.3 is 28.5 Å². The number of carbonyl (C=O) groups is 3. The topological polar surface area (TPSA) is 108 Å². The van der Waals surface area contributed by atoms with Crippen molar-refractivity contribution < 1.29 is 42.9 Å². The van der Waals surface area contributed by atoms with Crippen LogP contribution in [0.1, 0.15) is 406 Å². The van der Waals surface area contributed by atoms with Gasteiger partial charge in [-0.1, -0.05) is 413 Å². The number of carboxylic acid groups (broad SMARTS) is 1. The third-order valence-corrected chi connectivity index (χ3v) is 19.1. The summed E-state index contributed by atoms with van der Waals surface area (Å²) in [4.78, 5) is 37.8. The van der Waals surface area contributed by atoms with E-state index in [9.17, 15) is 19.5 Å². The van der Waals surface area contributed by atoms with E-state index in [1.165, 1.54) is 283 Å². The molecular formula is C91H164NO8+. The smallest absolute Gasteiger partial charge is 0.361 e. The Bertz CT molecular complexity index is 1970. The number of likely N-dealkylation sites (N-methyl/N-ethyl adjacent to an activating group) is 1. The van der Waals surface area contributed by atoms with Gasteiger partial charge in [-0.25, -0.2) is 4.79 Å². The van der Waals surface area contributed by atoms with Crippen molar-refractivity contribution in [3.05, 3.63) is 97.2 Å². The zero-order valence-corrected chi connectivity index (χ0v) is 66.6. The molecule has 0 aromatic rings. The first-order chi connectivity index (χ1) is 49.1. The number of carboxylic acids is 1. The second-order valence-corrected chi connectivity index (χ2v) is 30.1. The van der Waals surface area contributed by atoms with Crippen molar-refractivity contribution in [2.24, 2.45) is 0 Å². The van der Waals surface area contributed by atoms with Crippen LogP contribution in [0.3, 0.4) is 0 Å². The van der Waals surface area contributed by atoms with E-state index in [1.54, 1.807) is 0 Å². The Morgan fingerprint density at radius 3 is 0.850 bits per heavy atom. The number of hydrogen-bond donors (Lipinski definition) is 1. The van der Waals surface area contributed by atoms with Crippen molar-refractivity contribution in [3.63, 3.8) is 0 Å². The normalized spacial score (nSPS) is 13.1. The second kappa shape index (κ2) is 80.9. The quantitative estimate of drug-likeness (QED) is 0.0211. The van der Waals surface area contributed by atoms with Crippen LogP contribution in [0, 0.1) is 0 Å². The van der Waals surface area contributed by atoms with E-state index in [-0.39, 0.29) is 32.2 Å². The first-order valence-corrected chi connectivity index (χ1v) is 42.9. The predicted molar refractivity (Wildman–Crippen MR) is 433 cm³/mol. The first kappa shape index (κ1) is 96.2. The molecule has 9 nitrogen and oxygen atoms in total. The summed E-state index contributed by atoms with van der Waals surface area (Å²) in [5, 5.41) is 9.79. The number of hydrogen-bond acceptors (Lipinski definition) is 7. The molecule has 580 valence electrons. The molecule has 0 saturated heterocycles. The van der Waals surface area contributed by atoms with Gasteiger partial charge in [-0.3, -0.25) is 9.59 Å². The highest BCUT2D eigenvalue weighted by Gasteiger charge is 2.25. The third kappa shape index (κ3) is 81.5. The molecule has 0 aliphatic carbocycles. The van der Waals surface area contributed by atoms with Gasteiger partial charge in [0, 0.05) is 12.8 Å². The highest BCUT2D eigenvalue weighted by molar-refractivity contribution is 5.71. The number of esters is 2. The molecule has 1 N–H and O–H groups in total. The summed E-state index contributed by atoms with van der Waals surface area (Å²) in [6.07, 6.45) is 110. The van der Waals surface area contributed by atoms with E-state index in [0.29, 0.717) is 17.4 Å². The largest absolute Gasteiger partial charge is 0.477 e. The lowest BCUT2D eigenvalue weighted by molar-refractivity contribution is -0.870. The molecule has 0 fully saturated rings. The number of ether oxygens (including phenoxy) is 4. The van der Waals surface area contributed by atoms with E-state index in [4.69, 9.17) is 18.9 Å². The van der Waals surface area contributed by atoms with Crippen LogP contribution < -0.4 is 0 Å². The Labute approximate surface area is 620 Å². The van der Waals surface area contributed by atoms with Crippen LogP contribution in [-0.4, -0.2) is 87.4 Å². The molecule has 0 heterocycles. The maximum Gasteiger partial charge on any atom is 0.361 e. The molecule has 0 bridgehead atoms. The minimum atomic E-state index is -1.52. The maximum atomic E-state index is 13.0. The lowest BCUT2D eigenvalue weighted by Gasteiger charge is -2.25. The van der Waals surface area contributed by atoms with Crippen LogP contribution in [0.4, 0.5) is 0 Å². The minimum Gasteiger partial charge on any atom is -0.477 e. The standard InChI is InChI=1S/C91H163NO8/c1-6-8-10-12-14-16-18-20-22-24-26-28-30-32-34-36-38-40-42-44-46-47-49-51-53-55-57-59-61-63-65-67-69-71-73-75-77-79-81-88(93)98-85-87(86-99-91(90(95)96)97-84-83-92(3,4)5)100-89(94)82-80-78-76-74-72-70-68-66-64-62-60-58-56-54-52-50-48-45-43-41-39-37-35-33-31-29-27-25-23-21-19-17-15-13-11-9-7-2/h9,11,15,17,21,23,27,29,33,35,39,41,45,48,52,54,87,91H,6-8,10,12-14,16,18-20,22,24-26,28,30-32,34,36-38,40,42-44,46-47,49-51,53,55-86H2,1-5H3/p+1/b11-9-,17-15-,23-21-,29-27-,35-33-,41-39-,48-45-,54-52-. The second-order valence-electron chi connectivity index (χ2n) is 30.1. The number of unbranched alkanes of at least 4 members (excludes halogenated alkanes) is 49. The molecule has 0 aromatic carbocycles. The fourth-order valence-electron chi connectivity index (χ4n) is 12.6. The van der Waals surface area contributed by atoms with Crippen LogP contribution in [-0.2, 0) is 33.3 Å². The van der Waals surface area contributed by atoms with Crippen LogP contribution in [0.5, 0.6) is 0 Å². The molecule has 0 spiro atoms. The minimum absolute atomic E-state index is 0.182. The molecule has 0 radical (unpaired) electrons. The summed E-state index contributed by atoms with van der Waals surface area (Å²) in [5.74, 6) is -1.99. The Balaban J connectivity index is 3.98. The van der Waals surface area contributed by atoms with Gasteiger partial charge in [0.1, 0.15) is 13.2 Å². The molecule has 0 aliphatic heterocycles. The van der Waals surface area contributed by atoms with E-state index in [1.807, 2.05) is 21.1 Å². The average molecular weight is 1400 g/mol. The van der Waals surface area contributed by atoms with Crippen LogP contribution in [0.25, 0.3) is 0 Å². The van der Waals surface area contributed by atoms with Gasteiger partial charge >= 0.3 is 17.9 Å². The average Bonchev–Trinajstić information content (AvgIpc) is 1.14. The predicted octanol–water partition coefficient (Wildman–Crippen LogP) is 27.9. The van der Waals surface area contributed by atoms with Crippen molar-refractivity contribution >= 4 is 17.9 Å². The van der Waals surface area contributed by atoms with E-state index < -0.39 is 24.3 Å². The van der Waals surface area contributed by atoms with Gasteiger partial charge in [0.2, 0.25) is 0 Å². The molecule has 2 unspecified atom stereocenters. The number of aliphatic carboxylic acids is 1. The number of quaternary nitrogens is 1. The van der Waals surface area contributed by atoms with E-state index in [0.717, 1.165) is 96.3 Å². The molecular weight excluding hydrogens is 1230 g/mol. The van der Waals surface area contributed by atoms with Gasteiger partial charge in [-0.2, -0.15) is 0 Å². The first-order valence-electron chi connectivity index (χ1n) is 42.9. The molecule has 0 amide bonds. The number of carbonyl (C=O) groups excluding carboxylic acids is 2. The molecule has 0 aromatic heterocycles. The summed E-state index contributed by atoms with van der Waals surface area (Å²) < 4.78 is 23.1. The maximum absolute atomic E-state index is 13.0. The van der Waals surface area contributed by atoms with Crippen molar-refractivity contribution in [1.29, 1.82) is 0 Å². The molecule has 0 saturated carbocycles. The monoisotopic (exact) mass is 1400 g/mol. The van der Waals surface area contributed by atoms with Crippen molar-refractivity contribution in [2.45, 2.75) is 418 Å². The Hall–Kier alpha value is -3.79. The van der Waals surface area contributed by atoms with Crippen molar-refractivity contribution in [1.82, 2.24) is 0 Å². The summed E-state index contributed by atoms with van der Waals surface area (Å²) >= 11 is 0. The van der Waals surface area contributed by atoms with Crippen LogP contribution in [0.2, 0.25) is 0 Å². The Morgan fingerprint density at radius 1 is 0.310 bits per heavy atom. The fraction of sp³-hybridized carbons (Fsp3) is 0.791. The summed E-state index contributed by atoms with van der Waals surface area (Å²) in [5.41, 5.74) is 0.